The number of pyridine rings is 1. The Morgan fingerprint density at radius 3 is 2.90 bits per heavy atom. The number of aliphatic hydroxyl groups is 1. The lowest BCUT2D eigenvalue weighted by Gasteiger charge is -2.11. The highest BCUT2D eigenvalue weighted by molar-refractivity contribution is 5.96. The van der Waals surface area contributed by atoms with Crippen LogP contribution in [0.15, 0.2) is 30.5 Å². The van der Waals surface area contributed by atoms with Gasteiger partial charge in [0.25, 0.3) is 5.69 Å². The number of rotatable bonds is 5. The summed E-state index contributed by atoms with van der Waals surface area (Å²) >= 11 is 0. The third-order valence-corrected chi connectivity index (χ3v) is 2.76. The molecule has 0 aliphatic carbocycles. The Balaban J connectivity index is 2.38. The molecule has 104 valence electrons. The number of carbonyl (C=O) groups is 1. The van der Waals surface area contributed by atoms with Gasteiger partial charge >= 0.3 is 0 Å². The molecule has 0 aliphatic heterocycles. The van der Waals surface area contributed by atoms with E-state index in [1.54, 1.807) is 12.1 Å². The Hall–Kier alpha value is -2.74. The minimum absolute atomic E-state index is 0.0862. The molecule has 0 saturated heterocycles. The van der Waals surface area contributed by atoms with Gasteiger partial charge in [0.1, 0.15) is 11.6 Å². The summed E-state index contributed by atoms with van der Waals surface area (Å²) in [5.74, 6) is -0.846. The first kappa shape index (κ1) is 13.7. The van der Waals surface area contributed by atoms with Crippen molar-refractivity contribution in [2.24, 2.45) is 5.73 Å². The van der Waals surface area contributed by atoms with Gasteiger partial charge in [-0.3, -0.25) is 14.9 Å². The molecule has 0 fully saturated rings. The number of fused-ring (bicyclic) bond motifs is 1. The largest absolute Gasteiger partial charge is 0.381 e. The quantitative estimate of drug-likeness (QED) is 0.535. The van der Waals surface area contributed by atoms with Crippen molar-refractivity contribution in [3.05, 3.63) is 40.6 Å². The number of anilines is 1. The molecule has 1 atom stereocenters. The molecule has 1 unspecified atom stereocenters. The van der Waals surface area contributed by atoms with E-state index in [-0.39, 0.29) is 17.7 Å². The molecule has 0 aliphatic rings. The smallest absolute Gasteiger partial charge is 0.295 e. The number of non-ortho nitro benzene ring substituents is 1. The van der Waals surface area contributed by atoms with Gasteiger partial charge < -0.3 is 16.2 Å². The maximum atomic E-state index is 10.9. The number of amides is 1. The number of nitro benzene ring substituents is 1. The third kappa shape index (κ3) is 2.64. The van der Waals surface area contributed by atoms with Gasteiger partial charge in [-0.1, -0.05) is 12.1 Å². The number of nitrogens with two attached hydrogens (primary N) is 1. The van der Waals surface area contributed by atoms with Crippen LogP contribution in [0.4, 0.5) is 11.4 Å². The predicted molar refractivity (Wildman–Crippen MR) is 72.1 cm³/mol. The second-order valence-electron chi connectivity index (χ2n) is 4.09. The first-order chi connectivity index (χ1) is 9.50. The summed E-state index contributed by atoms with van der Waals surface area (Å²) in [6.45, 7) is -0.0862. The summed E-state index contributed by atoms with van der Waals surface area (Å²) in [5, 5.41) is 23.6. The molecule has 1 heterocycles. The zero-order chi connectivity index (χ0) is 14.7. The van der Waals surface area contributed by atoms with Gasteiger partial charge in [0, 0.05) is 29.9 Å². The summed E-state index contributed by atoms with van der Waals surface area (Å²) in [7, 11) is 0. The molecule has 0 saturated carbocycles. The average molecular weight is 276 g/mol. The number of aliphatic hydroxyl groups excluding tert-OH is 1. The predicted octanol–water partition coefficient (Wildman–Crippen LogP) is 0.401. The number of hydrogen-bond acceptors (Lipinski definition) is 6. The first-order valence-corrected chi connectivity index (χ1v) is 5.74. The Morgan fingerprint density at radius 2 is 2.25 bits per heavy atom. The van der Waals surface area contributed by atoms with Crippen LogP contribution in [0.1, 0.15) is 0 Å². The van der Waals surface area contributed by atoms with E-state index in [9.17, 15) is 20.0 Å². The number of benzene rings is 1. The van der Waals surface area contributed by atoms with E-state index < -0.39 is 16.9 Å². The molecule has 20 heavy (non-hydrogen) atoms. The lowest BCUT2D eigenvalue weighted by atomic mass is 10.1. The maximum absolute atomic E-state index is 10.9. The highest BCUT2D eigenvalue weighted by Gasteiger charge is 2.15. The standard InChI is InChI=1S/C12H12N4O4/c13-12(18)10(17)6-15-8-4-5-14-11-7(8)2-1-3-9(11)16(19)20/h1-5,10,17H,6H2,(H2,13,18)(H,14,15). The molecule has 1 amide bonds. The molecule has 2 aromatic rings. The highest BCUT2D eigenvalue weighted by Crippen LogP contribution is 2.28. The van der Waals surface area contributed by atoms with Crippen LogP contribution >= 0.6 is 0 Å². The molecule has 8 heteroatoms. The normalized spacial score (nSPS) is 12.1. The van der Waals surface area contributed by atoms with Crippen LogP contribution < -0.4 is 11.1 Å². The van der Waals surface area contributed by atoms with Gasteiger partial charge in [-0.15, -0.1) is 0 Å². The van der Waals surface area contributed by atoms with Gasteiger partial charge in [0.15, 0.2) is 0 Å². The van der Waals surface area contributed by atoms with E-state index in [0.29, 0.717) is 11.1 Å². The van der Waals surface area contributed by atoms with E-state index in [2.05, 4.69) is 10.3 Å². The summed E-state index contributed by atoms with van der Waals surface area (Å²) < 4.78 is 0. The molecular formula is C12H12N4O4. The maximum Gasteiger partial charge on any atom is 0.295 e. The van der Waals surface area contributed by atoms with Gasteiger partial charge in [0.2, 0.25) is 5.91 Å². The van der Waals surface area contributed by atoms with Crippen molar-refractivity contribution < 1.29 is 14.8 Å². The van der Waals surface area contributed by atoms with Crippen molar-refractivity contribution in [2.45, 2.75) is 6.10 Å². The van der Waals surface area contributed by atoms with Crippen molar-refractivity contribution in [3.8, 4) is 0 Å². The van der Waals surface area contributed by atoms with Gasteiger partial charge in [-0.25, -0.2) is 4.98 Å². The molecule has 4 N–H and O–H groups in total. The minimum Gasteiger partial charge on any atom is -0.381 e. The number of nitrogens with zero attached hydrogens (tertiary/aromatic N) is 2. The van der Waals surface area contributed by atoms with Crippen molar-refractivity contribution in [1.82, 2.24) is 4.98 Å². The van der Waals surface area contributed by atoms with Crippen LogP contribution in [0.5, 0.6) is 0 Å². The van der Waals surface area contributed by atoms with Crippen LogP contribution in [-0.4, -0.2) is 33.6 Å². The summed E-state index contributed by atoms with van der Waals surface area (Å²) in [4.78, 5) is 25.2. The van der Waals surface area contributed by atoms with Crippen LogP contribution in [-0.2, 0) is 4.79 Å². The fourth-order valence-corrected chi connectivity index (χ4v) is 1.77. The number of primary amides is 1. The van der Waals surface area contributed by atoms with E-state index in [1.807, 2.05) is 0 Å². The second kappa shape index (κ2) is 5.49. The molecule has 8 nitrogen and oxygen atoms in total. The number of nitrogens with one attached hydrogen (secondary N) is 1. The Bertz CT molecular complexity index is 674. The van der Waals surface area contributed by atoms with Crippen molar-refractivity contribution in [3.63, 3.8) is 0 Å². The summed E-state index contributed by atoms with van der Waals surface area (Å²) in [5.41, 5.74) is 5.60. The highest BCUT2D eigenvalue weighted by atomic mass is 16.6. The van der Waals surface area contributed by atoms with Crippen LogP contribution in [0.2, 0.25) is 0 Å². The topological polar surface area (TPSA) is 131 Å². The molecule has 1 aromatic heterocycles. The monoisotopic (exact) mass is 276 g/mol. The zero-order valence-electron chi connectivity index (χ0n) is 10.3. The lowest BCUT2D eigenvalue weighted by Crippen LogP contribution is -2.34. The number of para-hydroxylation sites is 1. The lowest BCUT2D eigenvalue weighted by molar-refractivity contribution is -0.383. The molecule has 1 aromatic carbocycles. The Kier molecular flexibility index (Phi) is 3.76. The first-order valence-electron chi connectivity index (χ1n) is 5.74. The van der Waals surface area contributed by atoms with E-state index >= 15 is 0 Å². The van der Waals surface area contributed by atoms with Crippen molar-refractivity contribution >= 4 is 28.2 Å². The van der Waals surface area contributed by atoms with Crippen LogP contribution in [0, 0.1) is 10.1 Å². The fraction of sp³-hybridized carbons (Fsp3) is 0.167. The molecule has 0 bridgehead atoms. The molecule has 2 rings (SSSR count). The number of carbonyl (C=O) groups excluding carboxylic acids is 1. The minimum atomic E-state index is -1.34. The van der Waals surface area contributed by atoms with Crippen LogP contribution in [0.3, 0.4) is 0 Å². The number of nitro groups is 1. The Labute approximate surface area is 113 Å². The van der Waals surface area contributed by atoms with Gasteiger partial charge in [-0.05, 0) is 6.07 Å². The second-order valence-corrected chi connectivity index (χ2v) is 4.09. The SMILES string of the molecule is NC(=O)C(O)CNc1ccnc2c([N+](=O)[O-])cccc12. The Morgan fingerprint density at radius 1 is 1.50 bits per heavy atom. The van der Waals surface area contributed by atoms with Gasteiger partial charge in [0.05, 0.1) is 4.92 Å². The summed E-state index contributed by atoms with van der Waals surface area (Å²) in [6, 6.07) is 6.16. The molecular weight excluding hydrogens is 264 g/mol. The summed E-state index contributed by atoms with van der Waals surface area (Å²) in [6.07, 6.45) is 0.0748. The third-order valence-electron chi connectivity index (χ3n) is 2.76. The van der Waals surface area contributed by atoms with Crippen molar-refractivity contribution in [2.75, 3.05) is 11.9 Å². The van der Waals surface area contributed by atoms with Crippen LogP contribution in [0.25, 0.3) is 10.9 Å². The number of hydrogen-bond donors (Lipinski definition) is 3. The van der Waals surface area contributed by atoms with Gasteiger partial charge in [-0.2, -0.15) is 0 Å². The molecule has 0 spiro atoms. The number of aromatic nitrogens is 1. The van der Waals surface area contributed by atoms with E-state index in [4.69, 9.17) is 5.73 Å². The molecule has 0 radical (unpaired) electrons. The fourth-order valence-electron chi connectivity index (χ4n) is 1.77. The van der Waals surface area contributed by atoms with Crippen molar-refractivity contribution in [1.29, 1.82) is 0 Å². The van der Waals surface area contributed by atoms with E-state index in [1.165, 1.54) is 18.3 Å². The van der Waals surface area contributed by atoms with E-state index in [0.717, 1.165) is 0 Å². The zero-order valence-corrected chi connectivity index (χ0v) is 10.3. The average Bonchev–Trinajstić information content (AvgIpc) is 2.43.